The molecule has 1 aromatic heterocycles. The molecule has 8 nitrogen and oxygen atoms in total. The maximum atomic E-state index is 11.9. The van der Waals surface area contributed by atoms with Crippen LogP contribution in [0.15, 0.2) is 6.33 Å². The summed E-state index contributed by atoms with van der Waals surface area (Å²) in [5.41, 5.74) is -0.196. The maximum absolute atomic E-state index is 11.9. The average molecular weight is 309 g/mol. The zero-order valence-corrected chi connectivity index (χ0v) is 13.2. The molecular formula is C14H23N5O3. The number of carboxylic acids is 1. The van der Waals surface area contributed by atoms with Gasteiger partial charge in [0, 0.05) is 6.04 Å². The fourth-order valence-corrected chi connectivity index (χ4v) is 2.45. The number of aromatic nitrogens is 3. The van der Waals surface area contributed by atoms with Crippen LogP contribution in [0.3, 0.4) is 0 Å². The van der Waals surface area contributed by atoms with Gasteiger partial charge in [0.05, 0.1) is 11.5 Å². The number of carbonyl (C=O) groups is 2. The van der Waals surface area contributed by atoms with Gasteiger partial charge in [0.1, 0.15) is 6.33 Å². The zero-order valence-electron chi connectivity index (χ0n) is 13.2. The Balaban J connectivity index is 1.81. The molecule has 8 heteroatoms. The lowest BCUT2D eigenvalue weighted by Crippen LogP contribution is -2.41. The van der Waals surface area contributed by atoms with E-state index in [1.54, 1.807) is 11.0 Å². The van der Waals surface area contributed by atoms with Gasteiger partial charge in [-0.15, -0.1) is 5.10 Å². The first kappa shape index (κ1) is 16.3. The van der Waals surface area contributed by atoms with Crippen LogP contribution < -0.4 is 10.6 Å². The summed E-state index contributed by atoms with van der Waals surface area (Å²) in [6.45, 7) is 5.98. The van der Waals surface area contributed by atoms with Crippen molar-refractivity contribution in [3.8, 4) is 0 Å². The molecule has 1 aliphatic carbocycles. The molecule has 1 heterocycles. The molecule has 1 saturated carbocycles. The first-order valence-electron chi connectivity index (χ1n) is 7.48. The highest BCUT2D eigenvalue weighted by atomic mass is 16.4. The van der Waals surface area contributed by atoms with E-state index in [4.69, 9.17) is 5.11 Å². The van der Waals surface area contributed by atoms with E-state index < -0.39 is 5.97 Å². The summed E-state index contributed by atoms with van der Waals surface area (Å²) < 4.78 is 1.68. The molecule has 0 aliphatic heterocycles. The quantitative estimate of drug-likeness (QED) is 0.788. The van der Waals surface area contributed by atoms with Crippen molar-refractivity contribution in [3.63, 3.8) is 0 Å². The molecule has 0 unspecified atom stereocenters. The number of rotatable bonds is 3. The predicted octanol–water partition coefficient (Wildman–Crippen LogP) is 1.80. The van der Waals surface area contributed by atoms with Crippen LogP contribution in [0.1, 0.15) is 46.5 Å². The number of carboxylic acid groups (broad SMARTS) is 1. The van der Waals surface area contributed by atoms with Crippen molar-refractivity contribution in [1.29, 1.82) is 0 Å². The average Bonchev–Trinajstić information content (AvgIpc) is 2.87. The summed E-state index contributed by atoms with van der Waals surface area (Å²) in [5.74, 6) is -0.781. The summed E-state index contributed by atoms with van der Waals surface area (Å²) in [6.07, 6.45) is 4.12. The summed E-state index contributed by atoms with van der Waals surface area (Å²) in [5, 5.41) is 18.6. The second kappa shape index (κ2) is 6.33. The molecule has 0 aromatic carbocycles. The third-order valence-corrected chi connectivity index (χ3v) is 3.82. The predicted molar refractivity (Wildman–Crippen MR) is 80.6 cm³/mol. The zero-order chi connectivity index (χ0) is 16.3. The molecule has 2 rings (SSSR count). The van der Waals surface area contributed by atoms with E-state index in [2.05, 4.69) is 20.7 Å². The molecular weight excluding hydrogens is 286 g/mol. The third kappa shape index (κ3) is 4.19. The first-order valence-corrected chi connectivity index (χ1v) is 7.48. The van der Waals surface area contributed by atoms with Gasteiger partial charge in [0.15, 0.2) is 0 Å². The van der Waals surface area contributed by atoms with Gasteiger partial charge in [-0.3, -0.25) is 10.1 Å². The molecule has 1 aromatic rings. The Morgan fingerprint density at radius 2 is 1.91 bits per heavy atom. The Bertz CT molecular complexity index is 541. The minimum Gasteiger partial charge on any atom is -0.481 e. The van der Waals surface area contributed by atoms with E-state index in [9.17, 15) is 9.59 Å². The largest absolute Gasteiger partial charge is 0.481 e. The SMILES string of the molecule is CC(C)(C)n1cnc(NC(=O)NC2CCC(C(=O)O)CC2)n1. The van der Waals surface area contributed by atoms with Crippen LogP contribution in [0.4, 0.5) is 10.7 Å². The lowest BCUT2D eigenvalue weighted by molar-refractivity contribution is -0.142. The highest BCUT2D eigenvalue weighted by molar-refractivity contribution is 5.87. The van der Waals surface area contributed by atoms with Crippen molar-refractivity contribution >= 4 is 17.9 Å². The Labute approximate surface area is 129 Å². The van der Waals surface area contributed by atoms with Crippen molar-refractivity contribution in [2.45, 2.75) is 58.0 Å². The molecule has 0 saturated heterocycles. The van der Waals surface area contributed by atoms with Crippen LogP contribution in [0, 0.1) is 5.92 Å². The Kier molecular flexibility index (Phi) is 4.68. The lowest BCUT2D eigenvalue weighted by atomic mass is 9.86. The normalized spacial score (nSPS) is 22.1. The van der Waals surface area contributed by atoms with Gasteiger partial charge in [-0.1, -0.05) is 0 Å². The van der Waals surface area contributed by atoms with Crippen molar-refractivity contribution in [3.05, 3.63) is 6.33 Å². The molecule has 122 valence electrons. The van der Waals surface area contributed by atoms with E-state index in [-0.39, 0.29) is 29.5 Å². The maximum Gasteiger partial charge on any atom is 0.321 e. The Morgan fingerprint density at radius 3 is 2.41 bits per heavy atom. The molecule has 0 bridgehead atoms. The molecule has 0 atom stereocenters. The monoisotopic (exact) mass is 309 g/mol. The van der Waals surface area contributed by atoms with Crippen LogP contribution in [0.2, 0.25) is 0 Å². The number of amides is 2. The molecule has 2 amide bonds. The summed E-state index contributed by atoms with van der Waals surface area (Å²) in [4.78, 5) is 26.9. The molecule has 0 spiro atoms. The van der Waals surface area contributed by atoms with E-state index in [0.717, 1.165) is 0 Å². The van der Waals surface area contributed by atoms with Gasteiger partial charge >= 0.3 is 12.0 Å². The Hall–Kier alpha value is -2.12. The fraction of sp³-hybridized carbons (Fsp3) is 0.714. The number of anilines is 1. The minimum atomic E-state index is -0.750. The summed E-state index contributed by atoms with van der Waals surface area (Å²) in [6, 6.07) is -0.356. The molecule has 3 N–H and O–H groups in total. The topological polar surface area (TPSA) is 109 Å². The highest BCUT2D eigenvalue weighted by Crippen LogP contribution is 2.24. The number of carbonyl (C=O) groups excluding carboxylic acids is 1. The minimum absolute atomic E-state index is 0.000279. The van der Waals surface area contributed by atoms with E-state index >= 15 is 0 Å². The van der Waals surface area contributed by atoms with Gasteiger partial charge in [0.2, 0.25) is 5.95 Å². The third-order valence-electron chi connectivity index (χ3n) is 3.82. The van der Waals surface area contributed by atoms with Crippen molar-refractivity contribution in [2.75, 3.05) is 5.32 Å². The standard InChI is InChI=1S/C14H23N5O3/c1-14(2,3)19-8-15-12(18-19)17-13(22)16-10-6-4-9(5-7-10)11(20)21/h8-10H,4-7H2,1-3H3,(H,20,21)(H2,16,17,18,22). The summed E-state index contributed by atoms with van der Waals surface area (Å²) in [7, 11) is 0. The Morgan fingerprint density at radius 1 is 1.27 bits per heavy atom. The van der Waals surface area contributed by atoms with Crippen LogP contribution in [-0.4, -0.2) is 37.9 Å². The second-order valence-electron chi connectivity index (χ2n) is 6.67. The number of aliphatic carboxylic acids is 1. The van der Waals surface area contributed by atoms with Gasteiger partial charge in [0.25, 0.3) is 0 Å². The van der Waals surface area contributed by atoms with Gasteiger partial charge < -0.3 is 10.4 Å². The molecule has 1 aliphatic rings. The number of hydrogen-bond acceptors (Lipinski definition) is 4. The first-order chi connectivity index (χ1) is 10.3. The van der Waals surface area contributed by atoms with Crippen LogP contribution in [0.25, 0.3) is 0 Å². The number of nitrogens with one attached hydrogen (secondary N) is 2. The van der Waals surface area contributed by atoms with Gasteiger partial charge in [-0.2, -0.15) is 0 Å². The van der Waals surface area contributed by atoms with Crippen molar-refractivity contribution in [1.82, 2.24) is 20.1 Å². The van der Waals surface area contributed by atoms with Crippen LogP contribution >= 0.6 is 0 Å². The van der Waals surface area contributed by atoms with E-state index in [0.29, 0.717) is 25.7 Å². The number of hydrogen-bond donors (Lipinski definition) is 3. The second-order valence-corrected chi connectivity index (χ2v) is 6.67. The van der Waals surface area contributed by atoms with Gasteiger partial charge in [-0.25, -0.2) is 14.5 Å². The van der Waals surface area contributed by atoms with Crippen molar-refractivity contribution in [2.24, 2.45) is 5.92 Å². The highest BCUT2D eigenvalue weighted by Gasteiger charge is 2.27. The smallest absolute Gasteiger partial charge is 0.321 e. The summed E-state index contributed by atoms with van der Waals surface area (Å²) >= 11 is 0. The lowest BCUT2D eigenvalue weighted by Gasteiger charge is -2.26. The van der Waals surface area contributed by atoms with Crippen molar-refractivity contribution < 1.29 is 14.7 Å². The molecule has 22 heavy (non-hydrogen) atoms. The van der Waals surface area contributed by atoms with Crippen LogP contribution in [0.5, 0.6) is 0 Å². The van der Waals surface area contributed by atoms with Gasteiger partial charge in [-0.05, 0) is 46.5 Å². The fourth-order valence-electron chi connectivity index (χ4n) is 2.45. The van der Waals surface area contributed by atoms with Crippen LogP contribution in [-0.2, 0) is 10.3 Å². The number of nitrogens with zero attached hydrogens (tertiary/aromatic N) is 3. The number of urea groups is 1. The van der Waals surface area contributed by atoms with E-state index in [1.807, 2.05) is 20.8 Å². The van der Waals surface area contributed by atoms with E-state index in [1.165, 1.54) is 0 Å². The molecule has 1 fully saturated rings. The molecule has 0 radical (unpaired) electrons.